The van der Waals surface area contributed by atoms with Crippen molar-refractivity contribution < 1.29 is 14.1 Å². The van der Waals surface area contributed by atoms with Gasteiger partial charge in [-0.1, -0.05) is 18.2 Å². The Bertz CT molecular complexity index is 674. The first kappa shape index (κ1) is 14.8. The van der Waals surface area contributed by atoms with Crippen molar-refractivity contribution in [3.05, 3.63) is 63.5 Å². The minimum atomic E-state index is -0.604. The Hall–Kier alpha value is -2.63. The van der Waals surface area contributed by atoms with Crippen LogP contribution in [-0.2, 0) is 6.54 Å². The van der Waals surface area contributed by atoms with Crippen LogP contribution in [0.15, 0.2) is 36.4 Å². The lowest BCUT2D eigenvalue weighted by atomic mass is 10.1. The maximum atomic E-state index is 13.4. The van der Waals surface area contributed by atoms with Gasteiger partial charge in [-0.15, -0.1) is 0 Å². The van der Waals surface area contributed by atoms with Gasteiger partial charge in [0, 0.05) is 12.1 Å². The topological polar surface area (TPSA) is 64.4 Å². The monoisotopic (exact) mass is 290 g/mol. The van der Waals surface area contributed by atoms with Crippen molar-refractivity contribution >= 4 is 11.4 Å². The van der Waals surface area contributed by atoms with Crippen molar-refractivity contribution in [3.8, 4) is 5.75 Å². The number of hydrogen-bond donors (Lipinski definition) is 1. The van der Waals surface area contributed by atoms with Gasteiger partial charge < -0.3 is 10.1 Å². The number of ether oxygens (including phenoxy) is 1. The van der Waals surface area contributed by atoms with Gasteiger partial charge in [-0.25, -0.2) is 4.39 Å². The summed E-state index contributed by atoms with van der Waals surface area (Å²) in [6, 6.07) is 9.72. The molecule has 5 nitrogen and oxygen atoms in total. The van der Waals surface area contributed by atoms with Crippen LogP contribution in [0.5, 0.6) is 5.75 Å². The summed E-state index contributed by atoms with van der Waals surface area (Å²) >= 11 is 0. The summed E-state index contributed by atoms with van der Waals surface area (Å²) in [5, 5.41) is 14.0. The highest BCUT2D eigenvalue weighted by atomic mass is 19.1. The first-order chi connectivity index (χ1) is 10.0. The van der Waals surface area contributed by atoms with E-state index in [2.05, 4.69) is 5.32 Å². The zero-order valence-electron chi connectivity index (χ0n) is 11.7. The fourth-order valence-corrected chi connectivity index (χ4v) is 2.00. The largest absolute Gasteiger partial charge is 0.496 e. The second-order valence-electron chi connectivity index (χ2n) is 4.54. The van der Waals surface area contributed by atoms with Crippen LogP contribution in [0.1, 0.15) is 11.1 Å². The SMILES string of the molecule is COc1ccccc1CNc1cc(C)c(F)cc1[N+](=O)[O-]. The lowest BCUT2D eigenvalue weighted by Crippen LogP contribution is -2.05. The second kappa shape index (κ2) is 6.21. The van der Waals surface area contributed by atoms with Crippen molar-refractivity contribution in [2.75, 3.05) is 12.4 Å². The Morgan fingerprint density at radius 2 is 2.05 bits per heavy atom. The van der Waals surface area contributed by atoms with Crippen LogP contribution in [0.4, 0.5) is 15.8 Å². The summed E-state index contributed by atoms with van der Waals surface area (Å²) < 4.78 is 18.7. The molecule has 1 N–H and O–H groups in total. The minimum Gasteiger partial charge on any atom is -0.496 e. The van der Waals surface area contributed by atoms with E-state index in [9.17, 15) is 14.5 Å². The zero-order chi connectivity index (χ0) is 15.4. The summed E-state index contributed by atoms with van der Waals surface area (Å²) in [4.78, 5) is 10.4. The fourth-order valence-electron chi connectivity index (χ4n) is 2.00. The van der Waals surface area contributed by atoms with Crippen molar-refractivity contribution in [2.45, 2.75) is 13.5 Å². The third-order valence-electron chi connectivity index (χ3n) is 3.14. The van der Waals surface area contributed by atoms with Gasteiger partial charge in [-0.3, -0.25) is 10.1 Å². The molecule has 0 radical (unpaired) electrons. The third kappa shape index (κ3) is 3.28. The number of nitro benzene ring substituents is 1. The zero-order valence-corrected chi connectivity index (χ0v) is 11.7. The third-order valence-corrected chi connectivity index (χ3v) is 3.14. The highest BCUT2D eigenvalue weighted by molar-refractivity contribution is 5.63. The number of hydrogen-bond acceptors (Lipinski definition) is 4. The van der Waals surface area contributed by atoms with Crippen molar-refractivity contribution in [1.82, 2.24) is 0 Å². The molecule has 0 aliphatic carbocycles. The van der Waals surface area contributed by atoms with Crippen LogP contribution in [0.2, 0.25) is 0 Å². The summed E-state index contributed by atoms with van der Waals surface area (Å²) in [6.45, 7) is 1.91. The smallest absolute Gasteiger partial charge is 0.295 e. The lowest BCUT2D eigenvalue weighted by molar-refractivity contribution is -0.384. The van der Waals surface area contributed by atoms with E-state index >= 15 is 0 Å². The van der Waals surface area contributed by atoms with Gasteiger partial charge in [-0.2, -0.15) is 0 Å². The van der Waals surface area contributed by atoms with Gasteiger partial charge in [0.05, 0.1) is 18.1 Å². The van der Waals surface area contributed by atoms with Crippen molar-refractivity contribution in [2.24, 2.45) is 0 Å². The molecule has 0 bridgehead atoms. The maximum Gasteiger partial charge on any atom is 0.295 e. The van der Waals surface area contributed by atoms with Crippen LogP contribution in [0, 0.1) is 22.9 Å². The van der Waals surface area contributed by atoms with E-state index < -0.39 is 10.7 Å². The number of nitrogens with zero attached hydrogens (tertiary/aromatic N) is 1. The van der Waals surface area contributed by atoms with Gasteiger partial charge in [-0.05, 0) is 24.6 Å². The molecule has 0 unspecified atom stereocenters. The van der Waals surface area contributed by atoms with Crippen molar-refractivity contribution in [3.63, 3.8) is 0 Å². The molecule has 0 aromatic heterocycles. The molecule has 0 heterocycles. The molecule has 110 valence electrons. The Kier molecular flexibility index (Phi) is 4.37. The van der Waals surface area contributed by atoms with Gasteiger partial charge >= 0.3 is 0 Å². The number of aryl methyl sites for hydroxylation is 1. The lowest BCUT2D eigenvalue weighted by Gasteiger charge is -2.11. The summed E-state index contributed by atoms with van der Waals surface area (Å²) in [5.41, 5.74) is 1.21. The number of rotatable bonds is 5. The number of halogens is 1. The highest BCUT2D eigenvalue weighted by Crippen LogP contribution is 2.28. The standard InChI is InChI=1S/C15H15FN2O3/c1-10-7-13(14(18(19)20)8-12(10)16)17-9-11-5-3-4-6-15(11)21-2/h3-8,17H,9H2,1-2H3. The van der Waals surface area contributed by atoms with Gasteiger partial charge in [0.2, 0.25) is 0 Å². The van der Waals surface area contributed by atoms with E-state index in [4.69, 9.17) is 4.74 Å². The Balaban J connectivity index is 2.27. The Morgan fingerprint density at radius 3 is 2.71 bits per heavy atom. The van der Waals surface area contributed by atoms with Crippen LogP contribution < -0.4 is 10.1 Å². The molecule has 2 rings (SSSR count). The van der Waals surface area contributed by atoms with E-state index in [0.29, 0.717) is 17.9 Å². The molecule has 21 heavy (non-hydrogen) atoms. The van der Waals surface area contributed by atoms with Gasteiger partial charge in [0.1, 0.15) is 17.3 Å². The quantitative estimate of drug-likeness (QED) is 0.674. The molecule has 0 fully saturated rings. The molecular formula is C15H15FN2O3. The Labute approximate surface area is 121 Å². The molecule has 2 aromatic carbocycles. The van der Waals surface area contributed by atoms with E-state index in [1.807, 2.05) is 18.2 Å². The average Bonchev–Trinajstić information content (AvgIpc) is 2.48. The fraction of sp³-hybridized carbons (Fsp3) is 0.200. The molecule has 0 spiro atoms. The molecule has 0 saturated carbocycles. The molecule has 0 amide bonds. The predicted octanol–water partition coefficient (Wildman–Crippen LogP) is 3.66. The Morgan fingerprint density at radius 1 is 1.33 bits per heavy atom. The van der Waals surface area contributed by atoms with E-state index in [1.165, 1.54) is 6.07 Å². The maximum absolute atomic E-state index is 13.4. The number of methoxy groups -OCH3 is 1. The van der Waals surface area contributed by atoms with E-state index in [-0.39, 0.29) is 11.4 Å². The first-order valence-electron chi connectivity index (χ1n) is 6.33. The van der Waals surface area contributed by atoms with Crippen LogP contribution in [0.3, 0.4) is 0 Å². The summed E-state index contributed by atoms with van der Waals surface area (Å²) in [5.74, 6) is 0.0935. The van der Waals surface area contributed by atoms with Crippen LogP contribution >= 0.6 is 0 Å². The first-order valence-corrected chi connectivity index (χ1v) is 6.33. The molecule has 0 saturated heterocycles. The minimum absolute atomic E-state index is 0.282. The molecule has 0 aliphatic rings. The van der Waals surface area contributed by atoms with Crippen LogP contribution in [0.25, 0.3) is 0 Å². The van der Waals surface area contributed by atoms with Crippen molar-refractivity contribution in [1.29, 1.82) is 0 Å². The van der Waals surface area contributed by atoms with Gasteiger partial charge in [0.25, 0.3) is 5.69 Å². The number of benzene rings is 2. The summed E-state index contributed by atoms with van der Waals surface area (Å²) in [7, 11) is 1.56. The second-order valence-corrected chi connectivity index (χ2v) is 4.54. The number of nitro groups is 1. The number of nitrogens with one attached hydrogen (secondary N) is 1. The van der Waals surface area contributed by atoms with E-state index in [1.54, 1.807) is 20.1 Å². The number of anilines is 1. The molecule has 6 heteroatoms. The van der Waals surface area contributed by atoms with E-state index in [0.717, 1.165) is 11.6 Å². The highest BCUT2D eigenvalue weighted by Gasteiger charge is 2.17. The normalized spacial score (nSPS) is 10.2. The van der Waals surface area contributed by atoms with Gasteiger partial charge in [0.15, 0.2) is 0 Å². The molecular weight excluding hydrogens is 275 g/mol. The van der Waals surface area contributed by atoms with Crippen LogP contribution in [-0.4, -0.2) is 12.0 Å². The predicted molar refractivity (Wildman–Crippen MR) is 78.1 cm³/mol. The average molecular weight is 290 g/mol. The number of para-hydroxylation sites is 1. The summed E-state index contributed by atoms with van der Waals surface area (Å²) in [6.07, 6.45) is 0. The molecule has 0 aliphatic heterocycles. The molecule has 2 aromatic rings. The molecule has 0 atom stereocenters.